The molecular formula is C22H28O2. The second-order valence-corrected chi connectivity index (χ2v) is 5.88. The number of hydrogen-bond acceptors (Lipinski definition) is 2. The molecule has 2 nitrogen and oxygen atoms in total. The average molecular weight is 324 g/mol. The fourth-order valence-corrected chi connectivity index (χ4v) is 2.51. The Labute approximate surface area is 146 Å². The summed E-state index contributed by atoms with van der Waals surface area (Å²) in [5, 5.41) is 0. The van der Waals surface area contributed by atoms with Crippen molar-refractivity contribution in [3.05, 3.63) is 71.8 Å². The first-order valence-electron chi connectivity index (χ1n) is 8.90. The molecule has 0 saturated heterocycles. The zero-order chi connectivity index (χ0) is 17.0. The van der Waals surface area contributed by atoms with Crippen LogP contribution in [0.4, 0.5) is 0 Å². The summed E-state index contributed by atoms with van der Waals surface area (Å²) in [6, 6.07) is 16.7. The number of ether oxygens (including phenoxy) is 2. The molecule has 2 aromatic carbocycles. The number of rotatable bonds is 10. The summed E-state index contributed by atoms with van der Waals surface area (Å²) in [5.74, 6) is 1.82. The molecule has 0 N–H and O–H groups in total. The van der Waals surface area contributed by atoms with E-state index in [0.717, 1.165) is 24.3 Å². The zero-order valence-corrected chi connectivity index (χ0v) is 14.8. The fourth-order valence-electron chi connectivity index (χ4n) is 2.51. The highest BCUT2D eigenvalue weighted by Gasteiger charge is 1.95. The smallest absolute Gasteiger partial charge is 0.119 e. The van der Waals surface area contributed by atoms with Crippen molar-refractivity contribution in [1.29, 1.82) is 0 Å². The van der Waals surface area contributed by atoms with E-state index in [9.17, 15) is 0 Å². The van der Waals surface area contributed by atoms with Gasteiger partial charge in [-0.15, -0.1) is 0 Å². The average Bonchev–Trinajstić information content (AvgIpc) is 2.61. The summed E-state index contributed by atoms with van der Waals surface area (Å²) in [4.78, 5) is 0. The minimum absolute atomic E-state index is 0.561. The van der Waals surface area contributed by atoms with Crippen molar-refractivity contribution in [3.63, 3.8) is 0 Å². The van der Waals surface area contributed by atoms with Gasteiger partial charge in [-0.1, -0.05) is 51.0 Å². The highest BCUT2D eigenvalue weighted by atomic mass is 16.5. The van der Waals surface area contributed by atoms with Gasteiger partial charge in [-0.2, -0.15) is 0 Å². The topological polar surface area (TPSA) is 18.5 Å². The van der Waals surface area contributed by atoms with Crippen LogP contribution < -0.4 is 9.47 Å². The Morgan fingerprint density at radius 2 is 1.00 bits per heavy atom. The molecule has 0 radical (unpaired) electrons. The first kappa shape index (κ1) is 18.1. The molecule has 0 aliphatic rings. The van der Waals surface area contributed by atoms with Gasteiger partial charge in [0.1, 0.15) is 24.7 Å². The normalized spacial score (nSPS) is 10.9. The molecule has 0 aliphatic carbocycles. The molecule has 0 spiro atoms. The van der Waals surface area contributed by atoms with E-state index in [1.807, 2.05) is 36.4 Å². The predicted octanol–water partition coefficient (Wildman–Crippen LogP) is 5.61. The second kappa shape index (κ2) is 10.5. The van der Waals surface area contributed by atoms with Crippen LogP contribution in [0.5, 0.6) is 11.5 Å². The highest BCUT2D eigenvalue weighted by Crippen LogP contribution is 2.14. The highest BCUT2D eigenvalue weighted by molar-refractivity contribution is 5.28. The van der Waals surface area contributed by atoms with E-state index in [4.69, 9.17) is 9.47 Å². The van der Waals surface area contributed by atoms with Gasteiger partial charge in [0.15, 0.2) is 0 Å². The number of hydrogen-bond donors (Lipinski definition) is 0. The predicted molar refractivity (Wildman–Crippen MR) is 101 cm³/mol. The molecule has 0 unspecified atom stereocenters. The number of benzene rings is 2. The summed E-state index contributed by atoms with van der Waals surface area (Å²) in [6.45, 7) is 5.51. The first-order chi connectivity index (χ1) is 11.8. The van der Waals surface area contributed by atoms with Crippen molar-refractivity contribution in [2.45, 2.75) is 39.5 Å². The maximum atomic E-state index is 5.69. The van der Waals surface area contributed by atoms with Crippen LogP contribution in [0.1, 0.15) is 37.8 Å². The molecule has 0 bridgehead atoms. The summed E-state index contributed by atoms with van der Waals surface area (Å²) >= 11 is 0. The third kappa shape index (κ3) is 6.49. The Morgan fingerprint density at radius 1 is 0.625 bits per heavy atom. The van der Waals surface area contributed by atoms with E-state index in [2.05, 4.69) is 38.1 Å². The Bertz CT molecular complexity index is 541. The second-order valence-electron chi connectivity index (χ2n) is 5.88. The molecule has 0 fully saturated rings. The van der Waals surface area contributed by atoms with Gasteiger partial charge in [-0.25, -0.2) is 0 Å². The molecule has 0 atom stereocenters. The van der Waals surface area contributed by atoms with Crippen LogP contribution in [0.3, 0.4) is 0 Å². The molecule has 0 saturated carbocycles. The van der Waals surface area contributed by atoms with Gasteiger partial charge in [0.2, 0.25) is 0 Å². The summed E-state index contributed by atoms with van der Waals surface area (Å²) in [7, 11) is 0. The van der Waals surface area contributed by atoms with Crippen LogP contribution in [0.15, 0.2) is 60.7 Å². The fraction of sp³-hybridized carbons (Fsp3) is 0.364. The van der Waals surface area contributed by atoms with Gasteiger partial charge in [0.25, 0.3) is 0 Å². The minimum Gasteiger partial charge on any atom is -0.490 e. The minimum atomic E-state index is 0.561. The van der Waals surface area contributed by atoms with Crippen LogP contribution in [-0.4, -0.2) is 13.2 Å². The van der Waals surface area contributed by atoms with Crippen molar-refractivity contribution in [2.75, 3.05) is 13.2 Å². The van der Waals surface area contributed by atoms with E-state index in [-0.39, 0.29) is 0 Å². The van der Waals surface area contributed by atoms with Gasteiger partial charge >= 0.3 is 0 Å². The quantitative estimate of drug-likeness (QED) is 0.529. The van der Waals surface area contributed by atoms with Crippen LogP contribution >= 0.6 is 0 Å². The lowest BCUT2D eigenvalue weighted by molar-refractivity contribution is 0.350. The van der Waals surface area contributed by atoms with E-state index in [0.29, 0.717) is 13.2 Å². The van der Waals surface area contributed by atoms with Crippen LogP contribution in [0, 0.1) is 0 Å². The van der Waals surface area contributed by atoms with Gasteiger partial charge in [-0.3, -0.25) is 0 Å². The third-order valence-electron chi connectivity index (χ3n) is 3.78. The van der Waals surface area contributed by atoms with Gasteiger partial charge in [0.05, 0.1) is 0 Å². The molecule has 2 rings (SSSR count). The Hall–Kier alpha value is -2.22. The SMILES string of the molecule is CCCc1ccc(OC/C=C\COc2ccc(CCC)cc2)cc1. The van der Waals surface area contributed by atoms with Crippen LogP contribution in [0.25, 0.3) is 0 Å². The van der Waals surface area contributed by atoms with Crippen molar-refractivity contribution in [3.8, 4) is 11.5 Å². The standard InChI is InChI=1S/C22H28O2/c1-3-7-19-9-13-21(14-10-19)23-17-5-6-18-24-22-15-11-20(8-4-2)12-16-22/h5-6,9-16H,3-4,7-8,17-18H2,1-2H3/b6-5-. The Morgan fingerprint density at radius 3 is 1.33 bits per heavy atom. The van der Waals surface area contributed by atoms with E-state index < -0.39 is 0 Å². The molecule has 2 heteroatoms. The largest absolute Gasteiger partial charge is 0.490 e. The van der Waals surface area contributed by atoms with Crippen molar-refractivity contribution in [2.24, 2.45) is 0 Å². The molecule has 0 heterocycles. The zero-order valence-electron chi connectivity index (χ0n) is 14.8. The molecule has 24 heavy (non-hydrogen) atoms. The van der Waals surface area contributed by atoms with E-state index in [1.165, 1.54) is 24.0 Å². The Balaban J connectivity index is 1.65. The summed E-state index contributed by atoms with van der Waals surface area (Å²) in [5.41, 5.74) is 2.72. The van der Waals surface area contributed by atoms with Gasteiger partial charge in [0, 0.05) is 0 Å². The maximum absolute atomic E-state index is 5.69. The third-order valence-corrected chi connectivity index (χ3v) is 3.78. The van der Waals surface area contributed by atoms with Crippen LogP contribution in [-0.2, 0) is 12.8 Å². The summed E-state index contributed by atoms with van der Waals surface area (Å²) in [6.07, 6.45) is 8.57. The Kier molecular flexibility index (Phi) is 7.96. The van der Waals surface area contributed by atoms with Gasteiger partial charge in [-0.05, 0) is 60.4 Å². The molecule has 0 aromatic heterocycles. The lowest BCUT2D eigenvalue weighted by atomic mass is 10.1. The maximum Gasteiger partial charge on any atom is 0.119 e. The molecule has 0 aliphatic heterocycles. The lowest BCUT2D eigenvalue weighted by Crippen LogP contribution is -1.97. The van der Waals surface area contributed by atoms with Crippen LogP contribution in [0.2, 0.25) is 0 Å². The molecule has 2 aromatic rings. The molecule has 0 amide bonds. The monoisotopic (exact) mass is 324 g/mol. The van der Waals surface area contributed by atoms with E-state index in [1.54, 1.807) is 0 Å². The van der Waals surface area contributed by atoms with Crippen molar-refractivity contribution < 1.29 is 9.47 Å². The molecule has 128 valence electrons. The van der Waals surface area contributed by atoms with Crippen molar-refractivity contribution in [1.82, 2.24) is 0 Å². The number of aryl methyl sites for hydroxylation is 2. The van der Waals surface area contributed by atoms with E-state index >= 15 is 0 Å². The summed E-state index contributed by atoms with van der Waals surface area (Å²) < 4.78 is 11.4. The first-order valence-corrected chi connectivity index (χ1v) is 8.90. The molecular weight excluding hydrogens is 296 g/mol. The van der Waals surface area contributed by atoms with Crippen molar-refractivity contribution >= 4 is 0 Å². The lowest BCUT2D eigenvalue weighted by Gasteiger charge is -2.05. The van der Waals surface area contributed by atoms with Gasteiger partial charge < -0.3 is 9.47 Å².